The van der Waals surface area contributed by atoms with Gasteiger partial charge in [-0.05, 0) is 74.3 Å². The molecule has 2 aromatic carbocycles. The van der Waals surface area contributed by atoms with Crippen molar-refractivity contribution in [3.8, 4) is 11.3 Å². The van der Waals surface area contributed by atoms with Crippen LogP contribution >= 0.6 is 35.4 Å². The van der Waals surface area contributed by atoms with Crippen LogP contribution in [-0.2, 0) is 16.2 Å². The minimum atomic E-state index is 0.155. The van der Waals surface area contributed by atoms with Crippen LogP contribution in [0.4, 0.5) is 5.69 Å². The molecule has 1 saturated heterocycles. The second-order valence-corrected chi connectivity index (χ2v) is 10.2. The van der Waals surface area contributed by atoms with Gasteiger partial charge in [0, 0.05) is 48.4 Å². The van der Waals surface area contributed by atoms with E-state index in [1.54, 1.807) is 7.05 Å². The van der Waals surface area contributed by atoms with Gasteiger partial charge in [0.05, 0.1) is 22.8 Å². The van der Waals surface area contributed by atoms with E-state index in [1.165, 1.54) is 5.69 Å². The topological polar surface area (TPSA) is 72.1 Å². The van der Waals surface area contributed by atoms with Gasteiger partial charge in [-0.25, -0.2) is 0 Å². The van der Waals surface area contributed by atoms with Crippen LogP contribution in [0, 0.1) is 0 Å². The Morgan fingerprint density at radius 3 is 2.46 bits per heavy atom. The Hall–Kier alpha value is -2.65. The van der Waals surface area contributed by atoms with Crippen molar-refractivity contribution in [3.05, 3.63) is 69.4 Å². The lowest BCUT2D eigenvalue weighted by Gasteiger charge is -2.33. The molecular weight excluding hydrogens is 531 g/mol. The molecule has 194 valence electrons. The number of halogens is 2. The van der Waals surface area contributed by atoms with Crippen molar-refractivity contribution in [2.45, 2.75) is 44.3 Å². The van der Waals surface area contributed by atoms with Crippen LogP contribution in [0.25, 0.3) is 11.3 Å². The first-order valence-corrected chi connectivity index (χ1v) is 13.6. The number of nitrogens with zero attached hydrogens (tertiary/aromatic N) is 3. The van der Waals surface area contributed by atoms with Crippen molar-refractivity contribution in [1.29, 1.82) is 0 Å². The Morgan fingerprint density at radius 2 is 1.84 bits per heavy atom. The minimum absolute atomic E-state index is 0.155. The SMILES string of the molecule is CN/C(=N\OC=S)c1ccc(N2CCC(OCc3c(-c4c(Cl)cccc4Cl)noc3C3CC3)CC2)cc1. The Morgan fingerprint density at radius 1 is 1.14 bits per heavy atom. The maximum Gasteiger partial charge on any atom is 0.185 e. The summed E-state index contributed by atoms with van der Waals surface area (Å²) >= 11 is 17.6. The van der Waals surface area contributed by atoms with Crippen LogP contribution in [0.15, 0.2) is 52.1 Å². The fourth-order valence-corrected chi connectivity index (χ4v) is 5.30. The normalized spacial score (nSPS) is 16.6. The molecule has 1 aromatic heterocycles. The summed E-state index contributed by atoms with van der Waals surface area (Å²) in [5.74, 6) is 1.93. The lowest BCUT2D eigenvalue weighted by molar-refractivity contribution is 0.0246. The number of hydrogen-bond acceptors (Lipinski definition) is 7. The number of hydrogen-bond donors (Lipinski definition) is 1. The molecule has 10 heteroatoms. The molecule has 5 rings (SSSR count). The molecule has 0 spiro atoms. The van der Waals surface area contributed by atoms with Gasteiger partial charge < -0.3 is 24.3 Å². The first kappa shape index (κ1) is 26.0. The van der Waals surface area contributed by atoms with Crippen LogP contribution in [-0.4, -0.2) is 42.8 Å². The van der Waals surface area contributed by atoms with E-state index in [2.05, 4.69) is 44.9 Å². The molecule has 0 radical (unpaired) electrons. The van der Waals surface area contributed by atoms with Gasteiger partial charge >= 0.3 is 0 Å². The molecule has 2 fully saturated rings. The molecule has 1 saturated carbocycles. The fourth-order valence-electron chi connectivity index (χ4n) is 4.68. The molecule has 1 N–H and O–H groups in total. The van der Waals surface area contributed by atoms with Crippen molar-refractivity contribution < 1.29 is 14.1 Å². The highest BCUT2D eigenvalue weighted by Gasteiger charge is 2.34. The Labute approximate surface area is 231 Å². The van der Waals surface area contributed by atoms with Gasteiger partial charge in [0.2, 0.25) is 0 Å². The van der Waals surface area contributed by atoms with Crippen LogP contribution in [0.1, 0.15) is 48.5 Å². The average molecular weight is 560 g/mol. The quantitative estimate of drug-likeness (QED) is 0.138. The second kappa shape index (κ2) is 11.8. The van der Waals surface area contributed by atoms with Crippen molar-refractivity contribution in [3.63, 3.8) is 0 Å². The lowest BCUT2D eigenvalue weighted by atomic mass is 10.0. The van der Waals surface area contributed by atoms with Gasteiger partial charge in [-0.3, -0.25) is 0 Å². The van der Waals surface area contributed by atoms with Crippen molar-refractivity contribution in [2.75, 3.05) is 25.0 Å². The van der Waals surface area contributed by atoms with E-state index in [9.17, 15) is 0 Å². The lowest BCUT2D eigenvalue weighted by Crippen LogP contribution is -2.37. The number of oxime groups is 1. The molecular formula is C27H28Cl2N4O3S. The van der Waals surface area contributed by atoms with Crippen molar-refractivity contribution >= 4 is 52.5 Å². The smallest absolute Gasteiger partial charge is 0.185 e. The third kappa shape index (κ3) is 5.93. The Kier molecular flexibility index (Phi) is 8.30. The molecule has 1 aliphatic carbocycles. The Balaban J connectivity index is 1.22. The van der Waals surface area contributed by atoms with E-state index in [0.29, 0.717) is 39.7 Å². The fraction of sp³-hybridized carbons (Fsp3) is 0.370. The number of piperidine rings is 1. The Bertz CT molecular complexity index is 1250. The zero-order chi connectivity index (χ0) is 25.8. The predicted molar refractivity (Wildman–Crippen MR) is 151 cm³/mol. The van der Waals surface area contributed by atoms with E-state index < -0.39 is 0 Å². The highest BCUT2D eigenvalue weighted by Crippen LogP contribution is 2.46. The van der Waals surface area contributed by atoms with Crippen LogP contribution in [0.2, 0.25) is 10.0 Å². The summed E-state index contributed by atoms with van der Waals surface area (Å²) < 4.78 is 12.2. The zero-order valence-electron chi connectivity index (χ0n) is 20.5. The second-order valence-electron chi connectivity index (χ2n) is 9.18. The highest BCUT2D eigenvalue weighted by molar-refractivity contribution is 7.78. The van der Waals surface area contributed by atoms with E-state index in [1.807, 2.05) is 30.3 Å². The van der Waals surface area contributed by atoms with E-state index in [4.69, 9.17) is 37.3 Å². The average Bonchev–Trinajstić information content (AvgIpc) is 3.68. The van der Waals surface area contributed by atoms with E-state index in [-0.39, 0.29) is 6.10 Å². The monoisotopic (exact) mass is 558 g/mol. The van der Waals surface area contributed by atoms with Crippen molar-refractivity contribution in [1.82, 2.24) is 10.5 Å². The third-order valence-corrected chi connectivity index (χ3v) is 7.52. The number of anilines is 1. The van der Waals surface area contributed by atoms with Gasteiger partial charge in [-0.15, -0.1) is 0 Å². The number of aromatic nitrogens is 1. The maximum atomic E-state index is 6.49. The number of amidine groups is 1. The molecule has 1 aliphatic heterocycles. The van der Waals surface area contributed by atoms with Gasteiger partial charge in [-0.2, -0.15) is 0 Å². The number of ether oxygens (including phenoxy) is 1. The van der Waals surface area contributed by atoms with Gasteiger partial charge in [0.15, 0.2) is 11.4 Å². The highest BCUT2D eigenvalue weighted by atomic mass is 35.5. The number of benzene rings is 2. The standard InChI is InChI=1S/C27H28Cl2N4O3S/c1-30-27(32-35-16-37)18-7-9-19(10-8-18)33-13-11-20(12-14-33)34-15-21-25(31-36-26(21)17-5-6-17)24-22(28)3-2-4-23(24)29/h2-4,7-10,16-17,20H,5-6,11-15H2,1H3,(H,30,32). The molecule has 0 amide bonds. The summed E-state index contributed by atoms with van der Waals surface area (Å²) in [6, 6.07) is 13.7. The van der Waals surface area contributed by atoms with Gasteiger partial charge in [0.25, 0.3) is 0 Å². The van der Waals surface area contributed by atoms with E-state index >= 15 is 0 Å². The van der Waals surface area contributed by atoms with E-state index in [0.717, 1.165) is 61.2 Å². The summed E-state index contributed by atoms with van der Waals surface area (Å²) in [6.45, 7) is 2.25. The molecule has 7 nitrogen and oxygen atoms in total. The molecule has 37 heavy (non-hydrogen) atoms. The van der Waals surface area contributed by atoms with Crippen LogP contribution < -0.4 is 10.2 Å². The van der Waals surface area contributed by atoms with Gasteiger partial charge in [0.1, 0.15) is 11.5 Å². The number of nitrogens with one attached hydrogen (secondary N) is 1. The zero-order valence-corrected chi connectivity index (χ0v) is 22.8. The summed E-state index contributed by atoms with van der Waals surface area (Å²) in [6.07, 6.45) is 4.23. The molecule has 2 aliphatic rings. The summed E-state index contributed by atoms with van der Waals surface area (Å²) in [7, 11) is 1.80. The minimum Gasteiger partial charge on any atom is -0.373 e. The first-order chi connectivity index (χ1) is 18.1. The maximum absolute atomic E-state index is 6.49. The number of thiocarbonyl (C=S) groups is 1. The molecule has 0 atom stereocenters. The molecule has 0 bridgehead atoms. The largest absolute Gasteiger partial charge is 0.373 e. The molecule has 3 aromatic rings. The first-order valence-electron chi connectivity index (χ1n) is 12.3. The summed E-state index contributed by atoms with van der Waals surface area (Å²) in [5, 5.41) is 12.5. The van der Waals surface area contributed by atoms with Crippen molar-refractivity contribution in [2.24, 2.45) is 5.16 Å². The summed E-state index contributed by atoms with van der Waals surface area (Å²) in [5.41, 5.74) is 5.58. The van der Waals surface area contributed by atoms with Crippen LogP contribution in [0.3, 0.4) is 0 Å². The molecule has 0 unspecified atom stereocenters. The molecule has 2 heterocycles. The summed E-state index contributed by atoms with van der Waals surface area (Å²) in [4.78, 5) is 7.26. The third-order valence-electron chi connectivity index (χ3n) is 6.80. The van der Waals surface area contributed by atoms with Crippen LogP contribution in [0.5, 0.6) is 0 Å². The predicted octanol–water partition coefficient (Wildman–Crippen LogP) is 6.57. The number of rotatable bonds is 9. The van der Waals surface area contributed by atoms with Gasteiger partial charge in [-0.1, -0.05) is 39.6 Å².